The molecular formula is C26H20F3N3O3. The van der Waals surface area contributed by atoms with Gasteiger partial charge in [0.1, 0.15) is 11.3 Å². The van der Waals surface area contributed by atoms with Gasteiger partial charge in [-0.1, -0.05) is 29.8 Å². The standard InChI is InChI=1S/C26H20F3N3O3/c1-17-5-9-21(10-6-17)32-24(33)31(20-11-7-18(14-30)8-12-20)23(25(32)15-34-16-25)19-3-2-4-22(13-19)35-26(27,28)29/h2-13,23H,15-16H2,1H3/t23-/m1/s1. The van der Waals surface area contributed by atoms with Crippen molar-refractivity contribution in [1.82, 2.24) is 0 Å². The van der Waals surface area contributed by atoms with E-state index in [4.69, 9.17) is 4.74 Å². The molecule has 0 N–H and O–H groups in total. The molecule has 2 fully saturated rings. The zero-order valence-corrected chi connectivity index (χ0v) is 18.6. The summed E-state index contributed by atoms with van der Waals surface area (Å²) in [7, 11) is 0. The fourth-order valence-electron chi connectivity index (χ4n) is 4.73. The van der Waals surface area contributed by atoms with Crippen molar-refractivity contribution in [2.75, 3.05) is 23.0 Å². The van der Waals surface area contributed by atoms with Crippen LogP contribution in [0.5, 0.6) is 5.75 Å². The van der Waals surface area contributed by atoms with Gasteiger partial charge < -0.3 is 9.47 Å². The molecule has 2 aliphatic rings. The van der Waals surface area contributed by atoms with Crippen LogP contribution in [0.15, 0.2) is 72.8 Å². The molecule has 0 saturated carbocycles. The predicted molar refractivity (Wildman–Crippen MR) is 122 cm³/mol. The summed E-state index contributed by atoms with van der Waals surface area (Å²) in [6, 6.07) is 20.7. The maximum Gasteiger partial charge on any atom is 0.573 e. The molecule has 1 atom stereocenters. The molecule has 3 aromatic rings. The van der Waals surface area contributed by atoms with Crippen molar-refractivity contribution in [2.45, 2.75) is 24.9 Å². The van der Waals surface area contributed by atoms with Crippen LogP contribution in [0.2, 0.25) is 0 Å². The lowest BCUT2D eigenvalue weighted by molar-refractivity contribution is -0.274. The summed E-state index contributed by atoms with van der Waals surface area (Å²) in [5, 5.41) is 9.18. The Kier molecular flexibility index (Phi) is 5.41. The van der Waals surface area contributed by atoms with Gasteiger partial charge in [-0.15, -0.1) is 13.2 Å². The highest BCUT2D eigenvalue weighted by molar-refractivity contribution is 6.09. The number of carbonyl (C=O) groups excluding carboxylic acids is 1. The Hall–Kier alpha value is -4.03. The van der Waals surface area contributed by atoms with Gasteiger partial charge in [0, 0.05) is 11.4 Å². The number of aryl methyl sites for hydroxylation is 1. The van der Waals surface area contributed by atoms with Crippen molar-refractivity contribution in [3.63, 3.8) is 0 Å². The first-order chi connectivity index (χ1) is 16.7. The molecule has 35 heavy (non-hydrogen) atoms. The number of halogens is 3. The number of carbonyl (C=O) groups is 1. The molecule has 2 saturated heterocycles. The number of alkyl halides is 3. The van der Waals surface area contributed by atoms with Crippen LogP contribution in [0.1, 0.15) is 22.7 Å². The highest BCUT2D eigenvalue weighted by atomic mass is 19.4. The maximum atomic E-state index is 14.0. The monoisotopic (exact) mass is 479 g/mol. The van der Waals surface area contributed by atoms with Gasteiger partial charge >= 0.3 is 12.4 Å². The molecule has 1 spiro atoms. The van der Waals surface area contributed by atoms with Crippen molar-refractivity contribution in [2.24, 2.45) is 0 Å². The summed E-state index contributed by atoms with van der Waals surface area (Å²) in [6.07, 6.45) is -4.85. The first kappa shape index (κ1) is 22.7. The number of urea groups is 1. The minimum Gasteiger partial charge on any atom is -0.406 e. The minimum atomic E-state index is -4.85. The van der Waals surface area contributed by atoms with Crippen molar-refractivity contribution in [3.8, 4) is 11.8 Å². The van der Waals surface area contributed by atoms with Crippen LogP contribution >= 0.6 is 0 Å². The summed E-state index contributed by atoms with van der Waals surface area (Å²) >= 11 is 0. The average molecular weight is 479 g/mol. The molecule has 0 bridgehead atoms. The molecule has 0 radical (unpaired) electrons. The van der Waals surface area contributed by atoms with Crippen LogP contribution in [0.4, 0.5) is 29.3 Å². The predicted octanol–water partition coefficient (Wildman–Crippen LogP) is 5.72. The zero-order valence-electron chi connectivity index (χ0n) is 18.6. The second-order valence-corrected chi connectivity index (χ2v) is 8.60. The third-order valence-electron chi connectivity index (χ3n) is 6.29. The quantitative estimate of drug-likeness (QED) is 0.480. The number of benzene rings is 3. The largest absolute Gasteiger partial charge is 0.573 e. The van der Waals surface area contributed by atoms with Crippen LogP contribution in [0.25, 0.3) is 0 Å². The third-order valence-corrected chi connectivity index (χ3v) is 6.29. The third kappa shape index (κ3) is 3.96. The molecule has 5 rings (SSSR count). The van der Waals surface area contributed by atoms with Crippen molar-refractivity contribution in [3.05, 3.63) is 89.5 Å². The van der Waals surface area contributed by atoms with E-state index in [1.165, 1.54) is 18.2 Å². The van der Waals surface area contributed by atoms with Gasteiger partial charge in [-0.3, -0.25) is 9.80 Å². The fraction of sp³-hybridized carbons (Fsp3) is 0.231. The van der Waals surface area contributed by atoms with Crippen LogP contribution in [0, 0.1) is 18.3 Å². The Labute approximate surface area is 199 Å². The van der Waals surface area contributed by atoms with E-state index >= 15 is 0 Å². The van der Waals surface area contributed by atoms with Gasteiger partial charge in [0.05, 0.1) is 30.9 Å². The lowest BCUT2D eigenvalue weighted by Crippen LogP contribution is -2.62. The molecule has 6 nitrogen and oxygen atoms in total. The Morgan fingerprint density at radius 1 is 1.03 bits per heavy atom. The number of nitriles is 1. The lowest BCUT2D eigenvalue weighted by Gasteiger charge is -2.47. The number of anilines is 2. The van der Waals surface area contributed by atoms with Crippen molar-refractivity contribution < 1.29 is 27.4 Å². The second-order valence-electron chi connectivity index (χ2n) is 8.60. The van der Waals surface area contributed by atoms with Gasteiger partial charge in [0.2, 0.25) is 0 Å². The molecule has 0 unspecified atom stereocenters. The van der Waals surface area contributed by atoms with Crippen LogP contribution in [-0.4, -0.2) is 31.1 Å². The summed E-state index contributed by atoms with van der Waals surface area (Å²) in [5.74, 6) is -0.369. The van der Waals surface area contributed by atoms with Crippen LogP contribution in [-0.2, 0) is 4.74 Å². The topological polar surface area (TPSA) is 65.8 Å². The Morgan fingerprint density at radius 2 is 1.69 bits per heavy atom. The summed E-state index contributed by atoms with van der Waals surface area (Å²) in [5.41, 5.74) is 2.25. The van der Waals surface area contributed by atoms with Gasteiger partial charge in [0.25, 0.3) is 0 Å². The zero-order chi connectivity index (χ0) is 24.8. The number of hydrogen-bond donors (Lipinski definition) is 0. The molecule has 2 heterocycles. The fourth-order valence-corrected chi connectivity index (χ4v) is 4.73. The molecule has 3 aromatic carbocycles. The Bertz CT molecular complexity index is 1300. The Morgan fingerprint density at radius 3 is 2.26 bits per heavy atom. The smallest absolute Gasteiger partial charge is 0.406 e. The van der Waals surface area contributed by atoms with Crippen LogP contribution < -0.4 is 14.5 Å². The Balaban J connectivity index is 1.66. The average Bonchev–Trinajstić information content (AvgIpc) is 3.08. The molecule has 0 aromatic heterocycles. The van der Waals surface area contributed by atoms with Crippen LogP contribution in [0.3, 0.4) is 0 Å². The molecule has 2 aliphatic heterocycles. The molecule has 2 amide bonds. The highest BCUT2D eigenvalue weighted by Crippen LogP contribution is 2.51. The van der Waals surface area contributed by atoms with Crippen molar-refractivity contribution in [1.29, 1.82) is 5.26 Å². The molecular weight excluding hydrogens is 459 g/mol. The number of ether oxygens (including phenoxy) is 2. The van der Waals surface area contributed by atoms with E-state index in [2.05, 4.69) is 4.74 Å². The van der Waals surface area contributed by atoms with E-state index < -0.39 is 17.9 Å². The van der Waals surface area contributed by atoms with E-state index in [-0.39, 0.29) is 25.0 Å². The lowest BCUT2D eigenvalue weighted by atomic mass is 9.82. The first-order valence-corrected chi connectivity index (χ1v) is 10.9. The number of hydrogen-bond acceptors (Lipinski definition) is 4. The number of rotatable bonds is 4. The van der Waals surface area contributed by atoms with Gasteiger partial charge in [-0.25, -0.2) is 4.79 Å². The molecule has 9 heteroatoms. The second kappa shape index (κ2) is 8.32. The van der Waals surface area contributed by atoms with Gasteiger partial charge in [0.15, 0.2) is 0 Å². The first-order valence-electron chi connectivity index (χ1n) is 10.9. The normalized spacial score (nSPS) is 18.9. The summed E-state index contributed by atoms with van der Waals surface area (Å²) in [4.78, 5) is 17.2. The minimum absolute atomic E-state index is 0.203. The van der Waals surface area contributed by atoms with E-state index in [1.807, 2.05) is 37.3 Å². The maximum absolute atomic E-state index is 14.0. The number of amides is 2. The van der Waals surface area contributed by atoms with Gasteiger partial charge in [-0.05, 0) is 61.0 Å². The highest BCUT2D eigenvalue weighted by Gasteiger charge is 2.63. The van der Waals surface area contributed by atoms with E-state index in [0.717, 1.165) is 5.56 Å². The van der Waals surface area contributed by atoms with Gasteiger partial charge in [-0.2, -0.15) is 5.26 Å². The van der Waals surface area contributed by atoms with Crippen molar-refractivity contribution >= 4 is 17.4 Å². The van der Waals surface area contributed by atoms with E-state index in [1.54, 1.807) is 40.1 Å². The SMILES string of the molecule is Cc1ccc(N2C(=O)N(c3ccc(C#N)cc3)[C@H](c3cccc(OC(F)(F)F)c3)C23COC3)cc1. The molecule has 0 aliphatic carbocycles. The number of nitrogens with zero attached hydrogens (tertiary/aromatic N) is 3. The van der Waals surface area contributed by atoms with E-state index in [0.29, 0.717) is 22.5 Å². The molecule has 178 valence electrons. The summed E-state index contributed by atoms with van der Waals surface area (Å²) < 4.78 is 48.5. The summed E-state index contributed by atoms with van der Waals surface area (Å²) in [6.45, 7) is 2.35. The van der Waals surface area contributed by atoms with E-state index in [9.17, 15) is 23.2 Å².